The van der Waals surface area contributed by atoms with Crippen molar-refractivity contribution in [2.45, 2.75) is 58.3 Å². The van der Waals surface area contributed by atoms with Gasteiger partial charge in [0.2, 0.25) is 0 Å². The number of hydrogen-bond donors (Lipinski definition) is 0. The van der Waals surface area contributed by atoms with E-state index in [4.69, 9.17) is 4.74 Å². The molecule has 0 saturated carbocycles. The van der Waals surface area contributed by atoms with Crippen LogP contribution in [0.25, 0.3) is 0 Å². The van der Waals surface area contributed by atoms with Crippen LogP contribution in [0.2, 0.25) is 0 Å². The predicted molar refractivity (Wildman–Crippen MR) is 100 cm³/mol. The van der Waals surface area contributed by atoms with Crippen molar-refractivity contribution in [2.75, 3.05) is 6.61 Å². The summed E-state index contributed by atoms with van der Waals surface area (Å²) < 4.78 is 5.13. The third-order valence-electron chi connectivity index (χ3n) is 3.70. The molecule has 24 heavy (non-hydrogen) atoms. The van der Waals surface area contributed by atoms with Crippen LogP contribution in [0, 0.1) is 16.7 Å². The van der Waals surface area contributed by atoms with E-state index < -0.39 is 11.4 Å². The van der Waals surface area contributed by atoms with Crippen molar-refractivity contribution in [2.24, 2.45) is 5.41 Å². The number of nitrogens with zero attached hydrogens (tertiary/aromatic N) is 1. The van der Waals surface area contributed by atoms with Crippen molar-refractivity contribution >= 4 is 5.97 Å². The fourth-order valence-corrected chi connectivity index (χ4v) is 2.22. The standard InChI is InChI=1S/C21H31NO2/c1-4-7-9-11-13-15-17-21(19-22,20(23)24-6-3)18-16-14-12-10-8-5-2/h4-5,13-16H,1-2,6-12,17-18H2,3H3. The number of allylic oxidation sites excluding steroid dienone is 6. The summed E-state index contributed by atoms with van der Waals surface area (Å²) in [5, 5.41) is 9.61. The van der Waals surface area contributed by atoms with E-state index in [1.54, 1.807) is 6.92 Å². The molecule has 0 aliphatic heterocycles. The van der Waals surface area contributed by atoms with E-state index in [1.807, 2.05) is 36.5 Å². The molecule has 0 aliphatic rings. The van der Waals surface area contributed by atoms with Crippen molar-refractivity contribution < 1.29 is 9.53 Å². The molecule has 0 unspecified atom stereocenters. The van der Waals surface area contributed by atoms with E-state index in [9.17, 15) is 10.1 Å². The average molecular weight is 329 g/mol. The molecule has 0 N–H and O–H groups in total. The van der Waals surface area contributed by atoms with Crippen LogP contribution in [0.5, 0.6) is 0 Å². The molecule has 0 radical (unpaired) electrons. The summed E-state index contributed by atoms with van der Waals surface area (Å²) in [5.74, 6) is -0.431. The Morgan fingerprint density at radius 1 is 1.00 bits per heavy atom. The quantitative estimate of drug-likeness (QED) is 0.234. The monoisotopic (exact) mass is 329 g/mol. The lowest BCUT2D eigenvalue weighted by atomic mass is 9.82. The van der Waals surface area contributed by atoms with Gasteiger partial charge in [0, 0.05) is 0 Å². The molecule has 0 atom stereocenters. The van der Waals surface area contributed by atoms with Crippen LogP contribution >= 0.6 is 0 Å². The van der Waals surface area contributed by atoms with Crippen molar-refractivity contribution in [3.8, 4) is 6.07 Å². The fourth-order valence-electron chi connectivity index (χ4n) is 2.22. The number of esters is 1. The maximum atomic E-state index is 12.3. The molecule has 0 fully saturated rings. The van der Waals surface area contributed by atoms with Gasteiger partial charge in [-0.05, 0) is 58.3 Å². The Balaban J connectivity index is 4.75. The van der Waals surface area contributed by atoms with Crippen LogP contribution < -0.4 is 0 Å². The summed E-state index contributed by atoms with van der Waals surface area (Å²) in [6.45, 7) is 9.43. The minimum absolute atomic E-state index is 0.286. The van der Waals surface area contributed by atoms with Gasteiger partial charge in [-0.3, -0.25) is 4.79 Å². The number of hydrogen-bond acceptors (Lipinski definition) is 3. The second-order valence-corrected chi connectivity index (χ2v) is 5.70. The van der Waals surface area contributed by atoms with Crippen molar-refractivity contribution in [1.29, 1.82) is 5.26 Å². The number of rotatable bonds is 14. The first kappa shape index (κ1) is 21.9. The van der Waals surface area contributed by atoms with Gasteiger partial charge >= 0.3 is 5.97 Å². The van der Waals surface area contributed by atoms with Gasteiger partial charge in [-0.15, -0.1) is 13.2 Å². The van der Waals surface area contributed by atoms with Crippen LogP contribution in [0.3, 0.4) is 0 Å². The first-order chi connectivity index (χ1) is 11.7. The van der Waals surface area contributed by atoms with E-state index in [0.29, 0.717) is 12.8 Å². The van der Waals surface area contributed by atoms with E-state index in [0.717, 1.165) is 38.5 Å². The maximum Gasteiger partial charge on any atom is 0.327 e. The van der Waals surface area contributed by atoms with Gasteiger partial charge in [-0.25, -0.2) is 0 Å². The second-order valence-electron chi connectivity index (χ2n) is 5.70. The third kappa shape index (κ3) is 9.15. The highest BCUT2D eigenvalue weighted by molar-refractivity contribution is 5.80. The lowest BCUT2D eigenvalue weighted by Gasteiger charge is -2.21. The minimum Gasteiger partial charge on any atom is -0.465 e. The molecule has 3 nitrogen and oxygen atoms in total. The lowest BCUT2D eigenvalue weighted by molar-refractivity contribution is -0.151. The lowest BCUT2D eigenvalue weighted by Crippen LogP contribution is -2.30. The Kier molecular flexibility index (Phi) is 13.3. The highest BCUT2D eigenvalue weighted by atomic mass is 16.5. The van der Waals surface area contributed by atoms with Gasteiger partial charge in [-0.2, -0.15) is 5.26 Å². The minimum atomic E-state index is -1.13. The van der Waals surface area contributed by atoms with Gasteiger partial charge < -0.3 is 4.74 Å². The molecular formula is C21H31NO2. The van der Waals surface area contributed by atoms with Gasteiger partial charge in [0.25, 0.3) is 0 Å². The summed E-state index contributed by atoms with van der Waals surface area (Å²) in [5.41, 5.74) is -1.13. The van der Waals surface area contributed by atoms with Crippen molar-refractivity contribution in [3.63, 3.8) is 0 Å². The highest BCUT2D eigenvalue weighted by Gasteiger charge is 2.38. The van der Waals surface area contributed by atoms with E-state index in [1.165, 1.54) is 0 Å². The average Bonchev–Trinajstić information content (AvgIpc) is 2.59. The Bertz CT molecular complexity index is 443. The van der Waals surface area contributed by atoms with E-state index in [2.05, 4.69) is 19.2 Å². The number of carbonyl (C=O) groups is 1. The molecule has 132 valence electrons. The molecule has 0 aliphatic carbocycles. The zero-order valence-corrected chi connectivity index (χ0v) is 15.0. The van der Waals surface area contributed by atoms with Crippen molar-refractivity contribution in [1.82, 2.24) is 0 Å². The molecule has 0 aromatic heterocycles. The van der Waals surface area contributed by atoms with Crippen LogP contribution in [-0.4, -0.2) is 12.6 Å². The normalized spacial score (nSPS) is 13.5. The number of ether oxygens (including phenoxy) is 1. The van der Waals surface area contributed by atoms with Gasteiger partial charge in [0.05, 0.1) is 12.7 Å². The van der Waals surface area contributed by atoms with E-state index in [-0.39, 0.29) is 6.61 Å². The smallest absolute Gasteiger partial charge is 0.327 e. The molecule has 0 heterocycles. The molecule has 0 amide bonds. The molecule has 0 saturated heterocycles. The van der Waals surface area contributed by atoms with Crippen LogP contribution in [0.15, 0.2) is 49.6 Å². The first-order valence-corrected chi connectivity index (χ1v) is 8.77. The summed E-state index contributed by atoms with van der Waals surface area (Å²) in [6.07, 6.45) is 18.3. The SMILES string of the molecule is C=CCCCC=CCC(C#N)(CC=CCCCC=C)C(=O)OCC. The van der Waals surface area contributed by atoms with Crippen molar-refractivity contribution in [3.05, 3.63) is 49.6 Å². The first-order valence-electron chi connectivity index (χ1n) is 8.77. The number of unbranched alkanes of at least 4 members (excludes halogenated alkanes) is 4. The third-order valence-corrected chi connectivity index (χ3v) is 3.70. The van der Waals surface area contributed by atoms with Crippen LogP contribution in [0.1, 0.15) is 58.3 Å². The maximum absolute atomic E-state index is 12.3. The number of nitriles is 1. The topological polar surface area (TPSA) is 50.1 Å². The van der Waals surface area contributed by atoms with Gasteiger partial charge in [0.1, 0.15) is 0 Å². The van der Waals surface area contributed by atoms with Gasteiger partial charge in [-0.1, -0.05) is 36.5 Å². The Morgan fingerprint density at radius 2 is 1.50 bits per heavy atom. The Hall–Kier alpha value is -2.08. The van der Waals surface area contributed by atoms with Crippen LogP contribution in [-0.2, 0) is 9.53 Å². The summed E-state index contributed by atoms with van der Waals surface area (Å²) in [4.78, 5) is 12.3. The van der Waals surface area contributed by atoms with Crippen LogP contribution in [0.4, 0.5) is 0 Å². The molecule has 0 rings (SSSR count). The second kappa shape index (κ2) is 14.5. The number of carbonyl (C=O) groups excluding carboxylic acids is 1. The van der Waals surface area contributed by atoms with E-state index >= 15 is 0 Å². The highest BCUT2D eigenvalue weighted by Crippen LogP contribution is 2.29. The predicted octanol–water partition coefficient (Wildman–Crippen LogP) is 5.66. The summed E-state index contributed by atoms with van der Waals surface area (Å²) >= 11 is 0. The molecule has 0 bridgehead atoms. The summed E-state index contributed by atoms with van der Waals surface area (Å²) in [6, 6.07) is 2.19. The Labute approximate surface area is 147 Å². The molecule has 3 heteroatoms. The molecule has 0 aromatic carbocycles. The fraction of sp³-hybridized carbons (Fsp3) is 0.524. The summed E-state index contributed by atoms with van der Waals surface area (Å²) in [7, 11) is 0. The zero-order valence-electron chi connectivity index (χ0n) is 15.0. The van der Waals surface area contributed by atoms with Gasteiger partial charge in [0.15, 0.2) is 5.41 Å². The molecule has 0 aromatic rings. The zero-order chi connectivity index (χ0) is 18.1. The molecular weight excluding hydrogens is 298 g/mol. The molecule has 0 spiro atoms. The Morgan fingerprint density at radius 3 is 1.88 bits per heavy atom. The largest absolute Gasteiger partial charge is 0.465 e.